The molecule has 0 aromatic carbocycles. The molecule has 4 N–H and O–H groups in total. The van der Waals surface area contributed by atoms with Crippen LogP contribution in [0.5, 0.6) is 0 Å². The van der Waals surface area contributed by atoms with E-state index < -0.39 is 0 Å². The van der Waals surface area contributed by atoms with Crippen LogP contribution in [0.2, 0.25) is 0 Å². The molecule has 2 heteroatoms. The van der Waals surface area contributed by atoms with Crippen molar-refractivity contribution in [1.29, 1.82) is 0 Å². The Kier molecular flexibility index (Phi) is 49.1. The van der Waals surface area contributed by atoms with Crippen LogP contribution < -0.4 is 11.5 Å². The molecule has 0 aliphatic heterocycles. The molecule has 0 unspecified atom stereocenters. The van der Waals surface area contributed by atoms with E-state index in [4.69, 9.17) is 0 Å². The fraction of sp³-hybridized carbons (Fsp3) is 1.00. The minimum absolute atomic E-state index is 0. The Labute approximate surface area is 294 Å². The molecule has 0 amide bonds. The number of rotatable bonds is 42. The molecular weight excluding hydrogens is 556 g/mol. The maximum atomic E-state index is 3.70. The molecule has 0 saturated heterocycles. The quantitative estimate of drug-likeness (QED) is 0.0646. The Morgan fingerprint density at radius 3 is 0.478 bits per heavy atom. The molecule has 0 rings (SSSR count). The molecule has 0 radical (unpaired) electrons. The lowest BCUT2D eigenvalue weighted by atomic mass is 10.0. The lowest BCUT2D eigenvalue weighted by Gasteiger charge is -2.06. The molecule has 2 nitrogen and oxygen atoms in total. The van der Waals surface area contributed by atoms with Crippen LogP contribution in [0.1, 0.15) is 271 Å². The lowest BCUT2D eigenvalue weighted by Crippen LogP contribution is -2.16. The van der Waals surface area contributed by atoms with Gasteiger partial charge in [0.15, 0.2) is 0 Å². The Bertz CT molecular complexity index is 437. The molecule has 280 valence electrons. The third-order valence-electron chi connectivity index (χ3n) is 10.4. The van der Waals surface area contributed by atoms with Crippen LogP contribution >= 0.6 is 0 Å². The van der Waals surface area contributed by atoms with Crippen molar-refractivity contribution in [2.45, 2.75) is 271 Å². The second-order valence-electron chi connectivity index (χ2n) is 15.2. The van der Waals surface area contributed by atoms with E-state index in [-0.39, 0.29) is 6.15 Å². The predicted molar refractivity (Wildman–Crippen MR) is 214 cm³/mol. The van der Waals surface area contributed by atoms with Gasteiger partial charge in [0.2, 0.25) is 0 Å². The standard InChI is InChI=1S/C44H91N.H3N/c1-3-5-7-9-11-13-15-17-19-21-23-25-27-29-31-33-35-37-39-41-43-45-44-42-40-38-36-34-32-30-28-26-24-22-20-18-16-14-12-10-8-6-4-2;/h45H,3-44H2,1-2H3;1H3. The zero-order valence-corrected chi connectivity index (χ0v) is 32.9. The second kappa shape index (κ2) is 47.0. The topological polar surface area (TPSA) is 47.0 Å². The highest BCUT2D eigenvalue weighted by Crippen LogP contribution is 2.16. The SMILES string of the molecule is CCCCCCCCCCCCCCCCCCCCCCNCCCCCCCCCCCCCCCCCCCCCC.N. The van der Waals surface area contributed by atoms with Crippen molar-refractivity contribution in [3.63, 3.8) is 0 Å². The maximum Gasteiger partial charge on any atom is -0.00489 e. The normalized spacial score (nSPS) is 11.3. The van der Waals surface area contributed by atoms with E-state index in [1.807, 2.05) is 0 Å². The van der Waals surface area contributed by atoms with Crippen LogP contribution in [0.4, 0.5) is 0 Å². The first-order valence-corrected chi connectivity index (χ1v) is 22.1. The molecule has 0 aliphatic rings. The van der Waals surface area contributed by atoms with Crippen molar-refractivity contribution in [2.24, 2.45) is 0 Å². The third-order valence-corrected chi connectivity index (χ3v) is 10.4. The van der Waals surface area contributed by atoms with Crippen molar-refractivity contribution >= 4 is 0 Å². The summed E-state index contributed by atoms with van der Waals surface area (Å²) in [6.07, 6.45) is 58.7. The summed E-state index contributed by atoms with van der Waals surface area (Å²) < 4.78 is 0. The Balaban J connectivity index is 0. The fourth-order valence-electron chi connectivity index (χ4n) is 7.14. The molecular formula is C44H94N2. The Morgan fingerprint density at radius 2 is 0.326 bits per heavy atom. The smallest absolute Gasteiger partial charge is 0.00489 e. The number of hydrogen-bond donors (Lipinski definition) is 2. The van der Waals surface area contributed by atoms with E-state index in [1.54, 1.807) is 0 Å². The van der Waals surface area contributed by atoms with Gasteiger partial charge in [0.1, 0.15) is 0 Å². The second-order valence-corrected chi connectivity index (χ2v) is 15.2. The largest absolute Gasteiger partial charge is 0.344 e. The molecule has 0 heterocycles. The summed E-state index contributed by atoms with van der Waals surface area (Å²) in [6, 6.07) is 0. The van der Waals surface area contributed by atoms with Gasteiger partial charge >= 0.3 is 0 Å². The van der Waals surface area contributed by atoms with Gasteiger partial charge in [-0.05, 0) is 25.9 Å². The van der Waals surface area contributed by atoms with Crippen LogP contribution in [0.15, 0.2) is 0 Å². The third kappa shape index (κ3) is 46.0. The van der Waals surface area contributed by atoms with Crippen LogP contribution in [0.3, 0.4) is 0 Å². The van der Waals surface area contributed by atoms with E-state index in [9.17, 15) is 0 Å². The van der Waals surface area contributed by atoms with Crippen molar-refractivity contribution in [2.75, 3.05) is 13.1 Å². The summed E-state index contributed by atoms with van der Waals surface area (Å²) in [5.41, 5.74) is 0. The van der Waals surface area contributed by atoms with Crippen LogP contribution in [-0.2, 0) is 0 Å². The van der Waals surface area contributed by atoms with E-state index in [1.165, 1.54) is 270 Å². The summed E-state index contributed by atoms with van der Waals surface area (Å²) in [5.74, 6) is 0. The highest BCUT2D eigenvalue weighted by atomic mass is 14.8. The average molecular weight is 651 g/mol. The monoisotopic (exact) mass is 651 g/mol. The van der Waals surface area contributed by atoms with Crippen LogP contribution in [0, 0.1) is 0 Å². The van der Waals surface area contributed by atoms with Gasteiger partial charge < -0.3 is 11.5 Å². The number of unbranched alkanes of at least 4 members (excludes halogenated alkanes) is 38. The minimum Gasteiger partial charge on any atom is -0.344 e. The van der Waals surface area contributed by atoms with Gasteiger partial charge in [0.05, 0.1) is 0 Å². The lowest BCUT2D eigenvalue weighted by molar-refractivity contribution is 0.512. The van der Waals surface area contributed by atoms with E-state index in [0.29, 0.717) is 0 Å². The zero-order chi connectivity index (χ0) is 32.4. The predicted octanol–water partition coefficient (Wildman–Crippen LogP) is 16.4. The minimum atomic E-state index is 0. The average Bonchev–Trinajstić information content (AvgIpc) is 3.05. The molecule has 46 heavy (non-hydrogen) atoms. The Morgan fingerprint density at radius 1 is 0.196 bits per heavy atom. The van der Waals surface area contributed by atoms with Gasteiger partial charge in [-0.3, -0.25) is 0 Å². The summed E-state index contributed by atoms with van der Waals surface area (Å²) in [5, 5.41) is 3.70. The van der Waals surface area contributed by atoms with Gasteiger partial charge in [-0.2, -0.15) is 0 Å². The first kappa shape index (κ1) is 48.0. The van der Waals surface area contributed by atoms with Gasteiger partial charge in [0.25, 0.3) is 0 Å². The van der Waals surface area contributed by atoms with E-state index >= 15 is 0 Å². The fourth-order valence-corrected chi connectivity index (χ4v) is 7.14. The zero-order valence-electron chi connectivity index (χ0n) is 32.9. The van der Waals surface area contributed by atoms with Crippen molar-refractivity contribution < 1.29 is 0 Å². The highest BCUT2D eigenvalue weighted by molar-refractivity contribution is 4.54. The highest BCUT2D eigenvalue weighted by Gasteiger charge is 1.98. The molecule has 0 aliphatic carbocycles. The van der Waals surface area contributed by atoms with Gasteiger partial charge in [0, 0.05) is 0 Å². The van der Waals surface area contributed by atoms with E-state index in [2.05, 4.69) is 19.2 Å². The van der Waals surface area contributed by atoms with Gasteiger partial charge in [-0.25, -0.2) is 0 Å². The molecule has 0 fully saturated rings. The van der Waals surface area contributed by atoms with Gasteiger partial charge in [-0.15, -0.1) is 0 Å². The molecule has 0 aromatic heterocycles. The molecule has 0 bridgehead atoms. The maximum absolute atomic E-state index is 3.70. The number of hydrogen-bond acceptors (Lipinski definition) is 2. The summed E-state index contributed by atoms with van der Waals surface area (Å²) in [6.45, 7) is 7.11. The van der Waals surface area contributed by atoms with Crippen molar-refractivity contribution in [1.82, 2.24) is 11.5 Å². The van der Waals surface area contributed by atoms with Gasteiger partial charge in [-0.1, -0.05) is 258 Å². The van der Waals surface area contributed by atoms with Crippen LogP contribution in [-0.4, -0.2) is 13.1 Å². The molecule has 0 spiro atoms. The van der Waals surface area contributed by atoms with Crippen molar-refractivity contribution in [3.8, 4) is 0 Å². The van der Waals surface area contributed by atoms with Crippen LogP contribution in [0.25, 0.3) is 0 Å². The first-order valence-electron chi connectivity index (χ1n) is 22.1. The summed E-state index contributed by atoms with van der Waals surface area (Å²) in [7, 11) is 0. The van der Waals surface area contributed by atoms with E-state index in [0.717, 1.165) is 0 Å². The summed E-state index contributed by atoms with van der Waals surface area (Å²) >= 11 is 0. The molecule has 0 saturated carbocycles. The Hall–Kier alpha value is -0.0800. The first-order chi connectivity index (χ1) is 22.4. The number of nitrogens with one attached hydrogen (secondary N) is 1. The molecule has 0 aromatic rings. The molecule has 0 atom stereocenters. The summed E-state index contributed by atoms with van der Waals surface area (Å²) in [4.78, 5) is 0. The van der Waals surface area contributed by atoms with Crippen molar-refractivity contribution in [3.05, 3.63) is 0 Å².